The van der Waals surface area contributed by atoms with Crippen LogP contribution in [0, 0.1) is 5.92 Å². The van der Waals surface area contributed by atoms with Gasteiger partial charge in [-0.25, -0.2) is 9.97 Å². The maximum Gasteiger partial charge on any atom is 0.236 e. The van der Waals surface area contributed by atoms with Crippen LogP contribution in [0.4, 0.5) is 0 Å². The molecule has 5 heterocycles. The van der Waals surface area contributed by atoms with Gasteiger partial charge in [-0.3, -0.25) is 4.57 Å². The van der Waals surface area contributed by atoms with E-state index < -0.39 is 0 Å². The van der Waals surface area contributed by atoms with E-state index in [1.807, 2.05) is 36.4 Å². The summed E-state index contributed by atoms with van der Waals surface area (Å²) in [7, 11) is 0. The van der Waals surface area contributed by atoms with Crippen molar-refractivity contribution >= 4 is 77.1 Å². The lowest BCUT2D eigenvalue weighted by Crippen LogP contribution is -2.14. The third-order valence-corrected chi connectivity index (χ3v) is 10.8. The highest BCUT2D eigenvalue weighted by atomic mass is 16.3. The van der Waals surface area contributed by atoms with E-state index in [1.54, 1.807) is 0 Å². The van der Waals surface area contributed by atoms with Crippen molar-refractivity contribution in [2.45, 2.75) is 5.92 Å². The number of rotatable bonds is 2. The zero-order valence-electron chi connectivity index (χ0n) is 26.2. The Hall–Kier alpha value is -6.46. The zero-order valence-corrected chi connectivity index (χ0v) is 26.2. The maximum absolute atomic E-state index is 6.48. The molecule has 2 aliphatic carbocycles. The van der Waals surface area contributed by atoms with Gasteiger partial charge >= 0.3 is 0 Å². The zero-order chi connectivity index (χ0) is 31.8. The molecule has 0 aliphatic heterocycles. The number of aromatic nitrogens is 4. The van der Waals surface area contributed by atoms with Gasteiger partial charge in [-0.1, -0.05) is 115 Å². The number of nitrogens with zero attached hydrogens (tertiary/aromatic N) is 4. The highest BCUT2D eigenvalue weighted by Crippen LogP contribution is 2.50. The summed E-state index contributed by atoms with van der Waals surface area (Å²) in [5, 5.41) is 7.12. The number of allylic oxidation sites excluding steroid dienone is 5. The molecule has 0 amide bonds. The predicted octanol–water partition coefficient (Wildman–Crippen LogP) is 11.0. The van der Waals surface area contributed by atoms with Gasteiger partial charge in [-0.2, -0.15) is 0 Å². The van der Waals surface area contributed by atoms with E-state index >= 15 is 0 Å². The van der Waals surface area contributed by atoms with Crippen molar-refractivity contribution in [3.05, 3.63) is 151 Å². The summed E-state index contributed by atoms with van der Waals surface area (Å²) in [6.07, 6.45) is 13.8. The van der Waals surface area contributed by atoms with Crippen LogP contribution in [0.15, 0.2) is 144 Å². The summed E-state index contributed by atoms with van der Waals surface area (Å²) in [4.78, 5) is 10.7. The maximum atomic E-state index is 6.48. The summed E-state index contributed by atoms with van der Waals surface area (Å²) in [5.41, 5.74) is 11.5. The van der Waals surface area contributed by atoms with E-state index in [2.05, 4.69) is 118 Å². The molecule has 0 bridgehead atoms. The molecule has 2 unspecified atom stereocenters. The second kappa shape index (κ2) is 9.12. The molecule has 10 aromatic rings. The van der Waals surface area contributed by atoms with Crippen LogP contribution in [0.5, 0.6) is 0 Å². The first-order valence-corrected chi connectivity index (χ1v) is 16.9. The quantitative estimate of drug-likeness (QED) is 0.192. The molecule has 228 valence electrons. The third-order valence-electron chi connectivity index (χ3n) is 10.8. The fourth-order valence-corrected chi connectivity index (χ4v) is 8.79. The van der Waals surface area contributed by atoms with Crippen LogP contribution in [-0.4, -0.2) is 18.9 Å². The smallest absolute Gasteiger partial charge is 0.236 e. The van der Waals surface area contributed by atoms with E-state index in [0.717, 1.165) is 38.8 Å². The van der Waals surface area contributed by atoms with E-state index in [1.165, 1.54) is 49.2 Å². The van der Waals surface area contributed by atoms with Gasteiger partial charge < -0.3 is 8.82 Å². The van der Waals surface area contributed by atoms with Crippen LogP contribution in [-0.2, 0) is 0 Å². The molecule has 5 heteroatoms. The monoisotopic (exact) mass is 626 g/mol. The summed E-state index contributed by atoms with van der Waals surface area (Å²) in [5.74, 6) is 1.26. The molecule has 5 aromatic heterocycles. The molecular formula is C44H26N4O. The number of hydrogen-bond donors (Lipinski definition) is 0. The Balaban J connectivity index is 1.29. The Kier molecular flexibility index (Phi) is 4.76. The van der Waals surface area contributed by atoms with Gasteiger partial charge in [0.25, 0.3) is 0 Å². The first-order valence-electron chi connectivity index (χ1n) is 16.9. The molecule has 0 radical (unpaired) electrons. The number of hydrogen-bond acceptors (Lipinski definition) is 3. The average molecular weight is 627 g/mol. The molecule has 0 saturated carbocycles. The van der Waals surface area contributed by atoms with Gasteiger partial charge in [0.1, 0.15) is 16.8 Å². The van der Waals surface area contributed by atoms with Gasteiger partial charge in [0, 0.05) is 61.0 Å². The van der Waals surface area contributed by atoms with Crippen LogP contribution in [0.2, 0.25) is 0 Å². The van der Waals surface area contributed by atoms with Gasteiger partial charge in [0.15, 0.2) is 5.58 Å². The second-order valence-electron chi connectivity index (χ2n) is 13.3. The average Bonchev–Trinajstić information content (AvgIpc) is 3.90. The molecular weight excluding hydrogens is 601 g/mol. The van der Waals surface area contributed by atoms with Crippen molar-refractivity contribution in [1.29, 1.82) is 0 Å². The molecule has 12 rings (SSSR count). The number of furan rings is 1. The molecule has 49 heavy (non-hydrogen) atoms. The SMILES string of the molecule is C1=CC2C=Cc3c(n4c5ccccc5c5c6c(cc3c54)c3ccccc3n6-c3nc(-c4ccccc4)c4oc5ccccc5c4n3)C2C=C1. The summed E-state index contributed by atoms with van der Waals surface area (Å²) in [6.45, 7) is 0. The first kappa shape index (κ1) is 25.6. The molecule has 2 atom stereocenters. The lowest BCUT2D eigenvalue weighted by atomic mass is 9.80. The van der Waals surface area contributed by atoms with Crippen molar-refractivity contribution in [3.8, 4) is 17.2 Å². The molecule has 5 nitrogen and oxygen atoms in total. The van der Waals surface area contributed by atoms with Crippen LogP contribution in [0.1, 0.15) is 17.2 Å². The van der Waals surface area contributed by atoms with Crippen molar-refractivity contribution in [1.82, 2.24) is 18.9 Å². The van der Waals surface area contributed by atoms with E-state index in [0.29, 0.717) is 17.4 Å². The van der Waals surface area contributed by atoms with Crippen molar-refractivity contribution in [2.24, 2.45) is 5.92 Å². The Morgan fingerprint density at radius 2 is 1.37 bits per heavy atom. The number of fused-ring (bicyclic) bond motifs is 15. The molecule has 0 spiro atoms. The Morgan fingerprint density at radius 3 is 2.27 bits per heavy atom. The Bertz CT molecular complexity index is 3120. The minimum Gasteiger partial charge on any atom is -0.452 e. The standard InChI is InChI=1S/C44H26N4O/c1-2-13-26(14-3-1)38-43-39(31-18-8-11-21-36(31)49-43)46-44(45-38)48-34-19-9-6-16-28(34)32-24-33-29-23-22-25-12-4-5-15-27(25)40(29)47-35-20-10-7-17-30(35)37(41(33)47)42(32)48/h1-25,27H. The Morgan fingerprint density at radius 1 is 0.612 bits per heavy atom. The molecule has 5 aromatic carbocycles. The van der Waals surface area contributed by atoms with Gasteiger partial charge in [-0.05, 0) is 30.3 Å². The van der Waals surface area contributed by atoms with E-state index in [-0.39, 0.29) is 5.92 Å². The predicted molar refractivity (Wildman–Crippen MR) is 200 cm³/mol. The molecule has 0 fully saturated rings. The van der Waals surface area contributed by atoms with E-state index in [4.69, 9.17) is 14.4 Å². The summed E-state index contributed by atoms with van der Waals surface area (Å²) < 4.78 is 11.3. The lowest BCUT2D eigenvalue weighted by molar-refractivity contribution is 0.666. The molecule has 0 saturated heterocycles. The summed E-state index contributed by atoms with van der Waals surface area (Å²) >= 11 is 0. The van der Waals surface area contributed by atoms with Crippen LogP contribution in [0.25, 0.3) is 94.3 Å². The fraction of sp³-hybridized carbons (Fsp3) is 0.0455. The largest absolute Gasteiger partial charge is 0.452 e. The van der Waals surface area contributed by atoms with Gasteiger partial charge in [0.2, 0.25) is 5.95 Å². The molecule has 0 N–H and O–H groups in total. The first-order chi connectivity index (χ1) is 24.3. The minimum atomic E-state index is 0.281. The van der Waals surface area contributed by atoms with Crippen LogP contribution >= 0.6 is 0 Å². The van der Waals surface area contributed by atoms with Crippen LogP contribution < -0.4 is 0 Å². The van der Waals surface area contributed by atoms with Crippen molar-refractivity contribution in [3.63, 3.8) is 0 Å². The lowest BCUT2D eigenvalue weighted by Gasteiger charge is -2.26. The topological polar surface area (TPSA) is 48.3 Å². The highest BCUT2D eigenvalue weighted by Gasteiger charge is 2.33. The van der Waals surface area contributed by atoms with Crippen LogP contribution in [0.3, 0.4) is 0 Å². The number of para-hydroxylation sites is 3. The highest BCUT2D eigenvalue weighted by molar-refractivity contribution is 6.31. The van der Waals surface area contributed by atoms with Crippen molar-refractivity contribution < 1.29 is 4.42 Å². The van der Waals surface area contributed by atoms with Crippen molar-refractivity contribution in [2.75, 3.05) is 0 Å². The fourth-order valence-electron chi connectivity index (χ4n) is 8.79. The van der Waals surface area contributed by atoms with Gasteiger partial charge in [-0.15, -0.1) is 0 Å². The Labute approximate surface area is 279 Å². The number of benzene rings is 5. The van der Waals surface area contributed by atoms with Gasteiger partial charge in [0.05, 0.1) is 22.1 Å². The summed E-state index contributed by atoms with van der Waals surface area (Å²) in [6, 6.07) is 38.4. The normalized spacial score (nSPS) is 17.1. The third kappa shape index (κ3) is 3.20. The molecule has 2 aliphatic rings. The second-order valence-corrected chi connectivity index (χ2v) is 13.3. The van der Waals surface area contributed by atoms with E-state index in [9.17, 15) is 0 Å². The minimum absolute atomic E-state index is 0.281.